The van der Waals surface area contributed by atoms with E-state index in [1.807, 2.05) is 6.92 Å². The summed E-state index contributed by atoms with van der Waals surface area (Å²) in [5.74, 6) is -1.06. The maximum absolute atomic E-state index is 12.1. The van der Waals surface area contributed by atoms with Gasteiger partial charge in [0.15, 0.2) is 5.41 Å². The molecule has 2 atom stereocenters. The Morgan fingerprint density at radius 1 is 1.16 bits per heavy atom. The molecular weight excluding hydrogens is 248 g/mol. The molecule has 0 aromatic carbocycles. The van der Waals surface area contributed by atoms with Gasteiger partial charge in [0.1, 0.15) is 0 Å². The van der Waals surface area contributed by atoms with Crippen LogP contribution >= 0.6 is 0 Å². The van der Waals surface area contributed by atoms with Crippen molar-refractivity contribution >= 4 is 11.9 Å². The van der Waals surface area contributed by atoms with Gasteiger partial charge < -0.3 is 14.2 Å². The summed E-state index contributed by atoms with van der Waals surface area (Å²) in [6.45, 7) is 7.50. The Bertz CT molecular complexity index is 308. The Hall–Kier alpha value is -1.10. The van der Waals surface area contributed by atoms with Gasteiger partial charge in [0.05, 0.1) is 25.4 Å². The Morgan fingerprint density at radius 3 is 2.05 bits per heavy atom. The lowest BCUT2D eigenvalue weighted by Crippen LogP contribution is -2.42. The lowest BCUT2D eigenvalue weighted by atomic mass is 9.83. The minimum atomic E-state index is -1.28. The van der Waals surface area contributed by atoms with Gasteiger partial charge in [-0.2, -0.15) is 0 Å². The highest BCUT2D eigenvalue weighted by atomic mass is 16.6. The van der Waals surface area contributed by atoms with E-state index in [2.05, 4.69) is 0 Å². The van der Waals surface area contributed by atoms with Gasteiger partial charge in [-0.3, -0.25) is 9.59 Å². The second-order valence-corrected chi connectivity index (χ2v) is 5.12. The molecule has 1 heterocycles. The van der Waals surface area contributed by atoms with Crippen LogP contribution in [0, 0.1) is 5.41 Å². The van der Waals surface area contributed by atoms with Crippen molar-refractivity contribution in [1.29, 1.82) is 0 Å². The molecule has 5 nitrogen and oxygen atoms in total. The number of hydrogen-bond acceptors (Lipinski definition) is 5. The predicted molar refractivity (Wildman–Crippen MR) is 69.6 cm³/mol. The van der Waals surface area contributed by atoms with Crippen LogP contribution in [0.1, 0.15) is 47.0 Å². The Labute approximate surface area is 114 Å². The maximum Gasteiger partial charge on any atom is 0.323 e. The monoisotopic (exact) mass is 272 g/mol. The Morgan fingerprint density at radius 2 is 1.68 bits per heavy atom. The first-order chi connectivity index (χ1) is 8.93. The molecule has 0 spiro atoms. The predicted octanol–water partition coefficient (Wildman–Crippen LogP) is 2.08. The largest absolute Gasteiger partial charge is 0.465 e. The molecule has 0 radical (unpaired) electrons. The minimum absolute atomic E-state index is 0.0891. The molecule has 5 heteroatoms. The second-order valence-electron chi connectivity index (χ2n) is 5.12. The van der Waals surface area contributed by atoms with Gasteiger partial charge in [-0.15, -0.1) is 0 Å². The fourth-order valence-corrected chi connectivity index (χ4v) is 2.32. The molecular formula is C14H24O5. The summed E-state index contributed by atoms with van der Waals surface area (Å²) in [7, 11) is 0. The van der Waals surface area contributed by atoms with E-state index in [9.17, 15) is 9.59 Å². The van der Waals surface area contributed by atoms with E-state index < -0.39 is 17.4 Å². The SMILES string of the molecule is CCOC(=O)C(C)(CC1CCC(C)O1)C(=O)OCC. The fourth-order valence-electron chi connectivity index (χ4n) is 2.32. The van der Waals surface area contributed by atoms with Gasteiger partial charge in [0.25, 0.3) is 0 Å². The molecule has 0 saturated carbocycles. The van der Waals surface area contributed by atoms with Crippen LogP contribution in [0.4, 0.5) is 0 Å². The highest BCUT2D eigenvalue weighted by Gasteiger charge is 2.47. The van der Waals surface area contributed by atoms with Crippen LogP contribution in [0.5, 0.6) is 0 Å². The van der Waals surface area contributed by atoms with Gasteiger partial charge in [-0.05, 0) is 40.5 Å². The van der Waals surface area contributed by atoms with Crippen LogP contribution in [-0.4, -0.2) is 37.4 Å². The molecule has 0 amide bonds. The zero-order valence-corrected chi connectivity index (χ0v) is 12.2. The van der Waals surface area contributed by atoms with Gasteiger partial charge >= 0.3 is 11.9 Å². The normalized spacial score (nSPS) is 23.2. The maximum atomic E-state index is 12.1. The van der Waals surface area contributed by atoms with Gasteiger partial charge in [-0.25, -0.2) is 0 Å². The smallest absolute Gasteiger partial charge is 0.323 e. The van der Waals surface area contributed by atoms with Crippen molar-refractivity contribution in [3.8, 4) is 0 Å². The third-order valence-corrected chi connectivity index (χ3v) is 3.41. The molecule has 2 unspecified atom stereocenters. The van der Waals surface area contributed by atoms with E-state index in [4.69, 9.17) is 14.2 Å². The molecule has 0 aromatic heterocycles. The number of hydrogen-bond donors (Lipinski definition) is 0. The summed E-state index contributed by atoms with van der Waals surface area (Å²) < 4.78 is 15.7. The van der Waals surface area contributed by atoms with Crippen molar-refractivity contribution in [2.45, 2.75) is 59.2 Å². The van der Waals surface area contributed by atoms with Gasteiger partial charge in [-0.1, -0.05) is 0 Å². The molecule has 1 aliphatic heterocycles. The molecule has 1 rings (SSSR count). The molecule has 110 valence electrons. The number of carbonyl (C=O) groups excluding carboxylic acids is 2. The van der Waals surface area contributed by atoms with Gasteiger partial charge in [0.2, 0.25) is 0 Å². The third-order valence-electron chi connectivity index (χ3n) is 3.41. The van der Waals surface area contributed by atoms with Crippen molar-refractivity contribution < 1.29 is 23.8 Å². The zero-order chi connectivity index (χ0) is 14.5. The highest BCUT2D eigenvalue weighted by molar-refractivity contribution is 5.99. The van der Waals surface area contributed by atoms with Crippen molar-refractivity contribution in [1.82, 2.24) is 0 Å². The third kappa shape index (κ3) is 3.93. The summed E-state index contributed by atoms with van der Waals surface area (Å²) in [6, 6.07) is 0. The fraction of sp³-hybridized carbons (Fsp3) is 0.857. The molecule has 19 heavy (non-hydrogen) atoms. The average molecular weight is 272 g/mol. The summed E-state index contributed by atoms with van der Waals surface area (Å²) >= 11 is 0. The summed E-state index contributed by atoms with van der Waals surface area (Å²) in [4.78, 5) is 24.1. The van der Waals surface area contributed by atoms with Crippen molar-refractivity contribution in [2.24, 2.45) is 5.41 Å². The molecule has 0 N–H and O–H groups in total. The standard InChI is InChI=1S/C14H24O5/c1-5-17-12(15)14(4,13(16)18-6-2)9-11-8-7-10(3)19-11/h10-11H,5-9H2,1-4H3. The Kier molecular flexibility index (Phi) is 5.79. The number of esters is 2. The van der Waals surface area contributed by atoms with Crippen molar-refractivity contribution in [2.75, 3.05) is 13.2 Å². The van der Waals surface area contributed by atoms with E-state index in [1.165, 1.54) is 0 Å². The van der Waals surface area contributed by atoms with Gasteiger partial charge in [0, 0.05) is 6.42 Å². The molecule has 0 aliphatic carbocycles. The van der Waals surface area contributed by atoms with Crippen molar-refractivity contribution in [3.63, 3.8) is 0 Å². The molecule has 1 aliphatic rings. The molecule has 0 aromatic rings. The van der Waals surface area contributed by atoms with Crippen molar-refractivity contribution in [3.05, 3.63) is 0 Å². The number of rotatable bonds is 6. The minimum Gasteiger partial charge on any atom is -0.465 e. The first-order valence-corrected chi connectivity index (χ1v) is 6.94. The van der Waals surface area contributed by atoms with Crippen LogP contribution < -0.4 is 0 Å². The second kappa shape index (κ2) is 6.89. The van der Waals surface area contributed by atoms with E-state index in [-0.39, 0.29) is 25.4 Å². The van der Waals surface area contributed by atoms with Crippen LogP contribution in [-0.2, 0) is 23.8 Å². The molecule has 1 saturated heterocycles. The van der Waals surface area contributed by atoms with Crippen LogP contribution in [0.2, 0.25) is 0 Å². The molecule has 0 bridgehead atoms. The lowest BCUT2D eigenvalue weighted by Gasteiger charge is -2.27. The highest BCUT2D eigenvalue weighted by Crippen LogP contribution is 2.33. The van der Waals surface area contributed by atoms with Crippen LogP contribution in [0.15, 0.2) is 0 Å². The van der Waals surface area contributed by atoms with E-state index in [1.54, 1.807) is 20.8 Å². The summed E-state index contributed by atoms with van der Waals surface area (Å²) in [5.41, 5.74) is -1.28. The molecule has 1 fully saturated rings. The lowest BCUT2D eigenvalue weighted by molar-refractivity contribution is -0.173. The zero-order valence-electron chi connectivity index (χ0n) is 12.2. The first-order valence-electron chi connectivity index (χ1n) is 6.94. The average Bonchev–Trinajstić information content (AvgIpc) is 2.75. The van der Waals surface area contributed by atoms with E-state index >= 15 is 0 Å². The summed E-state index contributed by atoms with van der Waals surface area (Å²) in [5, 5.41) is 0. The number of carbonyl (C=O) groups is 2. The topological polar surface area (TPSA) is 61.8 Å². The van der Waals surface area contributed by atoms with Crippen LogP contribution in [0.25, 0.3) is 0 Å². The summed E-state index contributed by atoms with van der Waals surface area (Å²) in [6.07, 6.45) is 2.21. The van der Waals surface area contributed by atoms with Crippen LogP contribution in [0.3, 0.4) is 0 Å². The Balaban J connectivity index is 2.79. The quantitative estimate of drug-likeness (QED) is 0.547. The van der Waals surface area contributed by atoms with E-state index in [0.29, 0.717) is 6.42 Å². The first kappa shape index (κ1) is 16.0. The van der Waals surface area contributed by atoms with E-state index in [0.717, 1.165) is 12.8 Å². The number of ether oxygens (including phenoxy) is 3.